The average Bonchev–Trinajstić information content (AvgIpc) is 3.70. The summed E-state index contributed by atoms with van der Waals surface area (Å²) in [7, 11) is 0. The van der Waals surface area contributed by atoms with Gasteiger partial charge in [0.05, 0.1) is 56.6 Å². The lowest BCUT2D eigenvalue weighted by Gasteiger charge is -2.16. The number of rotatable bonds is 4. The van der Waals surface area contributed by atoms with E-state index < -0.39 is 0 Å². The van der Waals surface area contributed by atoms with Gasteiger partial charge in [0.1, 0.15) is 6.07 Å². The molecular weight excluding hydrogens is 611 g/mol. The second-order valence-electron chi connectivity index (χ2n) is 12.3. The number of nitriles is 3. The second-order valence-corrected chi connectivity index (χ2v) is 12.3. The minimum Gasteiger partial charge on any atom is -0.309 e. The molecule has 0 fully saturated rings. The van der Waals surface area contributed by atoms with E-state index in [-0.39, 0.29) is 0 Å². The fraction of sp³-hybridized carbons (Fsp3) is 0. The highest BCUT2D eigenvalue weighted by Crippen LogP contribution is 2.45. The summed E-state index contributed by atoms with van der Waals surface area (Å²) < 4.78 is 4.44. The summed E-state index contributed by atoms with van der Waals surface area (Å²) in [6.45, 7) is 0. The summed E-state index contributed by atoms with van der Waals surface area (Å²) >= 11 is 0. The van der Waals surface area contributed by atoms with Crippen LogP contribution in [0.4, 0.5) is 0 Å². The quantitative estimate of drug-likeness (QED) is 0.193. The molecule has 2 heterocycles. The molecular formula is C45H25N5. The topological polar surface area (TPSA) is 81.2 Å². The molecule has 0 aliphatic heterocycles. The molecule has 0 saturated heterocycles. The second kappa shape index (κ2) is 11.4. The molecule has 0 aliphatic carbocycles. The van der Waals surface area contributed by atoms with E-state index in [1.165, 1.54) is 0 Å². The van der Waals surface area contributed by atoms with Crippen LogP contribution in [-0.4, -0.2) is 9.13 Å². The maximum atomic E-state index is 10.1. The maximum absolute atomic E-state index is 10.1. The van der Waals surface area contributed by atoms with Crippen molar-refractivity contribution >= 4 is 43.6 Å². The summed E-state index contributed by atoms with van der Waals surface area (Å²) in [5, 5.41) is 33.6. The number of para-hydroxylation sites is 3. The standard InChI is InChI=1S/C45H25N5/c46-26-29-19-22-32(23-20-29)49-42-24-21-30(27-47)25-39(42)37-15-7-14-36(45(37)49)34-11-3-2-10-33(34)35-13-8-18-43-44(35)38-12-4-6-17-41(38)50(43)40-16-5-1-9-31(40)28-48/h1-25H. The van der Waals surface area contributed by atoms with Gasteiger partial charge in [-0.3, -0.25) is 0 Å². The zero-order chi connectivity index (χ0) is 33.8. The number of benzene rings is 7. The Balaban J connectivity index is 1.37. The van der Waals surface area contributed by atoms with Gasteiger partial charge in [-0.25, -0.2) is 0 Å². The zero-order valence-corrected chi connectivity index (χ0v) is 26.7. The SMILES string of the molecule is N#Cc1ccc(-n2c3ccc(C#N)cc3c3cccc(-c4ccccc4-c4cccc5c4c4ccccc4n5-c4ccccc4C#N)c32)cc1. The molecule has 0 radical (unpaired) electrons. The van der Waals surface area contributed by atoms with Gasteiger partial charge in [-0.05, 0) is 83.4 Å². The van der Waals surface area contributed by atoms with Gasteiger partial charge in [0.15, 0.2) is 0 Å². The van der Waals surface area contributed by atoms with Gasteiger partial charge in [0.25, 0.3) is 0 Å². The predicted molar refractivity (Wildman–Crippen MR) is 200 cm³/mol. The lowest BCUT2D eigenvalue weighted by molar-refractivity contribution is 1.17. The Hall–Kier alpha value is -7.39. The van der Waals surface area contributed by atoms with Crippen molar-refractivity contribution in [1.82, 2.24) is 9.13 Å². The number of hydrogen-bond donors (Lipinski definition) is 0. The minimum absolute atomic E-state index is 0.594. The van der Waals surface area contributed by atoms with Crippen molar-refractivity contribution in [3.63, 3.8) is 0 Å². The van der Waals surface area contributed by atoms with Crippen LogP contribution in [-0.2, 0) is 0 Å². The third kappa shape index (κ3) is 4.24. The summed E-state index contributed by atoms with van der Waals surface area (Å²) in [6, 6.07) is 57.8. The lowest BCUT2D eigenvalue weighted by atomic mass is 9.91. The van der Waals surface area contributed by atoms with Crippen molar-refractivity contribution in [2.24, 2.45) is 0 Å². The Labute approximate surface area is 287 Å². The van der Waals surface area contributed by atoms with Crippen LogP contribution in [0.1, 0.15) is 16.7 Å². The van der Waals surface area contributed by atoms with Gasteiger partial charge >= 0.3 is 0 Å². The third-order valence-corrected chi connectivity index (χ3v) is 9.64. The van der Waals surface area contributed by atoms with Gasteiger partial charge < -0.3 is 9.13 Å². The fourth-order valence-corrected chi connectivity index (χ4v) is 7.53. The van der Waals surface area contributed by atoms with E-state index in [0.717, 1.165) is 77.2 Å². The lowest BCUT2D eigenvalue weighted by Crippen LogP contribution is -1.97. The molecule has 7 aromatic carbocycles. The number of fused-ring (bicyclic) bond motifs is 6. The first-order valence-electron chi connectivity index (χ1n) is 16.3. The number of aromatic nitrogens is 2. The highest BCUT2D eigenvalue weighted by atomic mass is 15.0. The molecule has 0 spiro atoms. The molecule has 9 aromatic rings. The molecule has 0 saturated carbocycles. The molecule has 0 bridgehead atoms. The van der Waals surface area contributed by atoms with Gasteiger partial charge in [-0.1, -0.05) is 84.9 Å². The average molecular weight is 636 g/mol. The van der Waals surface area contributed by atoms with Crippen LogP contribution >= 0.6 is 0 Å². The van der Waals surface area contributed by atoms with Crippen LogP contribution in [0.3, 0.4) is 0 Å². The Kier molecular flexibility index (Phi) is 6.56. The van der Waals surface area contributed by atoms with Crippen molar-refractivity contribution < 1.29 is 0 Å². The summed E-state index contributed by atoms with van der Waals surface area (Å²) in [4.78, 5) is 0. The molecule has 2 aromatic heterocycles. The molecule has 230 valence electrons. The number of hydrogen-bond acceptors (Lipinski definition) is 3. The van der Waals surface area contributed by atoms with E-state index in [9.17, 15) is 15.8 Å². The molecule has 50 heavy (non-hydrogen) atoms. The smallest absolute Gasteiger partial charge is 0.101 e. The van der Waals surface area contributed by atoms with E-state index >= 15 is 0 Å². The van der Waals surface area contributed by atoms with Gasteiger partial charge in [0, 0.05) is 32.8 Å². The van der Waals surface area contributed by atoms with Crippen LogP contribution in [0.5, 0.6) is 0 Å². The molecule has 5 heteroatoms. The summed E-state index contributed by atoms with van der Waals surface area (Å²) in [5.41, 5.74) is 11.9. The highest BCUT2D eigenvalue weighted by molar-refractivity contribution is 6.19. The van der Waals surface area contributed by atoms with E-state index in [4.69, 9.17) is 0 Å². The first-order chi connectivity index (χ1) is 24.7. The van der Waals surface area contributed by atoms with Gasteiger partial charge in [0.2, 0.25) is 0 Å². The van der Waals surface area contributed by atoms with E-state index in [2.05, 4.69) is 106 Å². The Morgan fingerprint density at radius 3 is 1.80 bits per heavy atom. The zero-order valence-electron chi connectivity index (χ0n) is 26.7. The molecule has 5 nitrogen and oxygen atoms in total. The molecule has 9 rings (SSSR count). The van der Waals surface area contributed by atoms with E-state index in [0.29, 0.717) is 16.7 Å². The van der Waals surface area contributed by atoms with Gasteiger partial charge in [-0.2, -0.15) is 15.8 Å². The van der Waals surface area contributed by atoms with Crippen LogP contribution in [0.25, 0.3) is 77.2 Å². The van der Waals surface area contributed by atoms with E-state index in [1.54, 1.807) is 0 Å². The van der Waals surface area contributed by atoms with Crippen LogP contribution in [0.2, 0.25) is 0 Å². The highest BCUT2D eigenvalue weighted by Gasteiger charge is 2.22. The van der Waals surface area contributed by atoms with Crippen LogP contribution in [0, 0.1) is 34.0 Å². The summed E-state index contributed by atoms with van der Waals surface area (Å²) in [6.07, 6.45) is 0. The van der Waals surface area contributed by atoms with Crippen LogP contribution in [0.15, 0.2) is 152 Å². The minimum atomic E-state index is 0.594. The van der Waals surface area contributed by atoms with Crippen molar-refractivity contribution in [2.45, 2.75) is 0 Å². The normalized spacial score (nSPS) is 11.1. The predicted octanol–water partition coefficient (Wildman–Crippen LogP) is 10.8. The molecule has 0 N–H and O–H groups in total. The van der Waals surface area contributed by atoms with Crippen molar-refractivity contribution in [3.8, 4) is 51.8 Å². The Bertz CT molecular complexity index is 2960. The molecule has 0 atom stereocenters. The Morgan fingerprint density at radius 2 is 1.00 bits per heavy atom. The molecule has 0 aliphatic rings. The van der Waals surface area contributed by atoms with E-state index in [1.807, 2.05) is 72.8 Å². The monoisotopic (exact) mass is 635 g/mol. The first-order valence-corrected chi connectivity index (χ1v) is 16.3. The molecule has 0 amide bonds. The largest absolute Gasteiger partial charge is 0.309 e. The van der Waals surface area contributed by atoms with Gasteiger partial charge in [-0.15, -0.1) is 0 Å². The van der Waals surface area contributed by atoms with Crippen LogP contribution < -0.4 is 0 Å². The van der Waals surface area contributed by atoms with Crippen molar-refractivity contribution in [2.75, 3.05) is 0 Å². The number of nitrogens with zero attached hydrogens (tertiary/aromatic N) is 5. The molecule has 0 unspecified atom stereocenters. The van der Waals surface area contributed by atoms with Crippen molar-refractivity contribution in [1.29, 1.82) is 15.8 Å². The third-order valence-electron chi connectivity index (χ3n) is 9.64. The first kappa shape index (κ1) is 28.8. The fourth-order valence-electron chi connectivity index (χ4n) is 7.53. The van der Waals surface area contributed by atoms with Crippen molar-refractivity contribution in [3.05, 3.63) is 168 Å². The Morgan fingerprint density at radius 1 is 0.400 bits per heavy atom. The summed E-state index contributed by atoms with van der Waals surface area (Å²) in [5.74, 6) is 0. The maximum Gasteiger partial charge on any atom is 0.101 e.